The van der Waals surface area contributed by atoms with Crippen molar-refractivity contribution >= 4 is 33.2 Å². The molecule has 2 saturated carbocycles. The highest BCUT2D eigenvalue weighted by atomic mass is 32.2. The van der Waals surface area contributed by atoms with Gasteiger partial charge in [0, 0.05) is 18.7 Å². The van der Waals surface area contributed by atoms with Crippen LogP contribution in [0.1, 0.15) is 39.5 Å². The molecule has 1 heterocycles. The van der Waals surface area contributed by atoms with Crippen molar-refractivity contribution in [2.24, 2.45) is 17.8 Å². The summed E-state index contributed by atoms with van der Waals surface area (Å²) in [5.41, 5.74) is 1.08. The third kappa shape index (κ3) is 4.79. The van der Waals surface area contributed by atoms with Crippen molar-refractivity contribution in [3.63, 3.8) is 0 Å². The molecule has 2 aliphatic carbocycles. The van der Waals surface area contributed by atoms with Crippen molar-refractivity contribution in [3.8, 4) is 5.75 Å². The van der Waals surface area contributed by atoms with Gasteiger partial charge in [0.25, 0.3) is 5.91 Å². The largest absolute Gasteiger partial charge is 0.476 e. The Hall–Kier alpha value is -2.91. The molecule has 8 nitrogen and oxygen atoms in total. The average Bonchev–Trinajstić information content (AvgIpc) is 3.47. The molecule has 0 aromatic heterocycles. The summed E-state index contributed by atoms with van der Waals surface area (Å²) in [5.74, 6) is 1.65. The Morgan fingerprint density at radius 2 is 1.80 bits per heavy atom. The molecule has 0 radical (unpaired) electrons. The number of anilines is 2. The van der Waals surface area contributed by atoms with Gasteiger partial charge in [-0.1, -0.05) is 18.6 Å². The lowest BCUT2D eigenvalue weighted by Gasteiger charge is -2.33. The number of benzene rings is 2. The van der Waals surface area contributed by atoms with Crippen LogP contribution in [0.2, 0.25) is 0 Å². The number of sulfonamides is 1. The first-order valence-electron chi connectivity index (χ1n) is 12.2. The molecule has 1 aliphatic heterocycles. The summed E-state index contributed by atoms with van der Waals surface area (Å²) in [7, 11) is -3.66. The standard InChI is InChI=1S/C26H31N3O5S/c1-16(22-14-18-7-8-19(22)13-18)28-35(32,33)21-11-9-20(10-12-21)27-26(31)25-15-29(17(2)30)23-5-3-4-6-24(23)34-25/h3-6,9-12,16,18-19,22,25,28H,7-8,13-15H2,1-2H3,(H,27,31)/t16-,18+,19+,22+,25-/m1/s1. The molecule has 0 saturated heterocycles. The number of rotatable bonds is 6. The van der Waals surface area contributed by atoms with E-state index in [1.165, 1.54) is 43.2 Å². The van der Waals surface area contributed by atoms with Crippen LogP contribution >= 0.6 is 0 Å². The number of nitrogens with one attached hydrogen (secondary N) is 2. The molecule has 186 valence electrons. The fourth-order valence-corrected chi connectivity index (χ4v) is 7.21. The van der Waals surface area contributed by atoms with Crippen LogP contribution in [0.3, 0.4) is 0 Å². The van der Waals surface area contributed by atoms with Crippen LogP contribution in [0.15, 0.2) is 53.4 Å². The SMILES string of the molecule is CC(=O)N1C[C@H](C(=O)Nc2ccc(S(=O)(=O)N[C@H](C)[C@@H]3C[C@H]4CC[C@H]3C4)cc2)Oc2ccccc21. The first-order chi connectivity index (χ1) is 16.7. The maximum Gasteiger partial charge on any atom is 0.267 e. The molecule has 3 aliphatic rings. The second-order valence-electron chi connectivity index (χ2n) is 9.97. The number of para-hydroxylation sites is 2. The van der Waals surface area contributed by atoms with Crippen LogP contribution in [0.4, 0.5) is 11.4 Å². The summed E-state index contributed by atoms with van der Waals surface area (Å²) in [5, 5.41) is 2.77. The van der Waals surface area contributed by atoms with E-state index in [0.717, 1.165) is 12.3 Å². The van der Waals surface area contributed by atoms with Gasteiger partial charge in [-0.25, -0.2) is 13.1 Å². The van der Waals surface area contributed by atoms with E-state index in [2.05, 4.69) is 10.0 Å². The molecule has 2 N–H and O–H groups in total. The molecule has 5 rings (SSSR count). The van der Waals surface area contributed by atoms with E-state index in [1.54, 1.807) is 30.3 Å². The first kappa shape index (κ1) is 23.8. The van der Waals surface area contributed by atoms with E-state index in [-0.39, 0.29) is 23.4 Å². The van der Waals surface area contributed by atoms with Gasteiger partial charge in [-0.2, -0.15) is 0 Å². The summed E-state index contributed by atoms with van der Waals surface area (Å²) < 4.78 is 34.6. The van der Waals surface area contributed by atoms with Crippen LogP contribution in [0.25, 0.3) is 0 Å². The van der Waals surface area contributed by atoms with Crippen LogP contribution < -0.4 is 19.7 Å². The van der Waals surface area contributed by atoms with Crippen LogP contribution in [-0.2, 0) is 19.6 Å². The first-order valence-corrected chi connectivity index (χ1v) is 13.7. The predicted octanol–water partition coefficient (Wildman–Crippen LogP) is 3.54. The summed E-state index contributed by atoms with van der Waals surface area (Å²) in [6, 6.07) is 13.1. The van der Waals surface area contributed by atoms with Crippen molar-refractivity contribution < 1.29 is 22.7 Å². The number of carbonyl (C=O) groups excluding carboxylic acids is 2. The zero-order valence-corrected chi connectivity index (χ0v) is 20.8. The third-order valence-corrected chi connectivity index (χ3v) is 9.23. The number of hydrogen-bond donors (Lipinski definition) is 2. The monoisotopic (exact) mass is 497 g/mol. The molecule has 5 atom stereocenters. The zero-order chi connectivity index (χ0) is 24.7. The topological polar surface area (TPSA) is 105 Å². The van der Waals surface area contributed by atoms with E-state index in [9.17, 15) is 18.0 Å². The lowest BCUT2D eigenvalue weighted by atomic mass is 9.84. The summed E-state index contributed by atoms with van der Waals surface area (Å²) in [6.07, 6.45) is 3.93. The normalized spacial score (nSPS) is 26.1. The fourth-order valence-electron chi connectivity index (χ4n) is 5.92. The van der Waals surface area contributed by atoms with Gasteiger partial charge in [-0.3, -0.25) is 9.59 Å². The van der Waals surface area contributed by atoms with Crippen LogP contribution in [0.5, 0.6) is 5.75 Å². The van der Waals surface area contributed by atoms with E-state index < -0.39 is 22.0 Å². The van der Waals surface area contributed by atoms with Crippen molar-refractivity contribution in [2.45, 2.75) is 56.6 Å². The summed E-state index contributed by atoms with van der Waals surface area (Å²) in [4.78, 5) is 26.6. The zero-order valence-electron chi connectivity index (χ0n) is 19.9. The Kier molecular flexibility index (Phi) is 6.31. The van der Waals surface area contributed by atoms with Crippen molar-refractivity contribution in [1.29, 1.82) is 0 Å². The van der Waals surface area contributed by atoms with E-state index in [4.69, 9.17) is 4.74 Å². The molecule has 35 heavy (non-hydrogen) atoms. The quantitative estimate of drug-likeness (QED) is 0.635. The lowest BCUT2D eigenvalue weighted by Crippen LogP contribution is -2.48. The number of amides is 2. The minimum absolute atomic E-state index is 0.0927. The van der Waals surface area contributed by atoms with Gasteiger partial charge in [0.05, 0.1) is 17.1 Å². The molecule has 9 heteroatoms. The minimum atomic E-state index is -3.66. The number of nitrogens with zero attached hydrogens (tertiary/aromatic N) is 1. The molecule has 2 aromatic rings. The van der Waals surface area contributed by atoms with E-state index in [0.29, 0.717) is 29.0 Å². The third-order valence-electron chi connectivity index (χ3n) is 7.65. The highest BCUT2D eigenvalue weighted by Crippen LogP contribution is 2.49. The van der Waals surface area contributed by atoms with Crippen LogP contribution in [-0.4, -0.2) is 38.9 Å². The Bertz CT molecular complexity index is 1230. The highest BCUT2D eigenvalue weighted by molar-refractivity contribution is 7.89. The number of ether oxygens (including phenoxy) is 1. The smallest absolute Gasteiger partial charge is 0.267 e. The van der Waals surface area contributed by atoms with Crippen molar-refractivity contribution in [3.05, 3.63) is 48.5 Å². The highest BCUT2D eigenvalue weighted by Gasteiger charge is 2.42. The minimum Gasteiger partial charge on any atom is -0.476 e. The molecule has 0 spiro atoms. The molecular formula is C26H31N3O5S. The van der Waals surface area contributed by atoms with Gasteiger partial charge in [-0.05, 0) is 80.3 Å². The lowest BCUT2D eigenvalue weighted by molar-refractivity contribution is -0.123. The molecule has 2 fully saturated rings. The number of carbonyl (C=O) groups is 2. The molecule has 2 amide bonds. The van der Waals surface area contributed by atoms with Gasteiger partial charge < -0.3 is 15.0 Å². The average molecular weight is 498 g/mol. The van der Waals surface area contributed by atoms with Gasteiger partial charge >= 0.3 is 0 Å². The van der Waals surface area contributed by atoms with Gasteiger partial charge in [-0.15, -0.1) is 0 Å². The predicted molar refractivity (Wildman–Crippen MR) is 133 cm³/mol. The number of hydrogen-bond acceptors (Lipinski definition) is 5. The van der Waals surface area contributed by atoms with Gasteiger partial charge in [0.15, 0.2) is 6.10 Å². The van der Waals surface area contributed by atoms with E-state index in [1.807, 2.05) is 13.0 Å². The molecule has 2 bridgehead atoms. The van der Waals surface area contributed by atoms with Gasteiger partial charge in [0.1, 0.15) is 5.75 Å². The summed E-state index contributed by atoms with van der Waals surface area (Å²) in [6.45, 7) is 3.50. The van der Waals surface area contributed by atoms with Gasteiger partial charge in [0.2, 0.25) is 15.9 Å². The Morgan fingerprint density at radius 1 is 1.06 bits per heavy atom. The Labute approximate surface area is 206 Å². The Morgan fingerprint density at radius 3 is 2.46 bits per heavy atom. The second-order valence-corrected chi connectivity index (χ2v) is 11.7. The van der Waals surface area contributed by atoms with Crippen LogP contribution in [0, 0.1) is 17.8 Å². The fraction of sp³-hybridized carbons (Fsp3) is 0.462. The van der Waals surface area contributed by atoms with Crippen molar-refractivity contribution in [2.75, 3.05) is 16.8 Å². The second kappa shape index (κ2) is 9.28. The van der Waals surface area contributed by atoms with E-state index >= 15 is 0 Å². The van der Waals surface area contributed by atoms with Crippen molar-refractivity contribution in [1.82, 2.24) is 4.72 Å². The summed E-state index contributed by atoms with van der Waals surface area (Å²) >= 11 is 0. The molecular weight excluding hydrogens is 466 g/mol. The maximum absolute atomic E-state index is 12.9. The Balaban J connectivity index is 1.23. The maximum atomic E-state index is 12.9. The molecule has 2 aromatic carbocycles. The number of fused-ring (bicyclic) bond motifs is 3. The molecule has 0 unspecified atom stereocenters.